The van der Waals surface area contributed by atoms with Crippen molar-refractivity contribution >= 4 is 76.1 Å². The minimum atomic E-state index is 0.655. The molecule has 3 aromatic heterocycles. The van der Waals surface area contributed by atoms with E-state index in [2.05, 4.69) is 203 Å². The SMILES string of the molecule is c1ccc(-c2ccc(-n3c4ccccc4c4c5c6c7ccccc7c7ccccc7c6n(-c6nc(-c7ccccc7)c7ccccc7n6)c5ccc43)cc2)cc1. The predicted molar refractivity (Wildman–Crippen MR) is 234 cm³/mol. The van der Waals surface area contributed by atoms with Crippen LogP contribution >= 0.6 is 0 Å². The van der Waals surface area contributed by atoms with Crippen molar-refractivity contribution in [1.82, 2.24) is 19.1 Å². The Hall–Kier alpha value is -7.56. The number of benzene rings is 9. The Bertz CT molecular complexity index is 3510. The molecule has 0 spiro atoms. The molecule has 0 unspecified atom stereocenters. The molecule has 4 heteroatoms. The topological polar surface area (TPSA) is 35.6 Å². The summed E-state index contributed by atoms with van der Waals surface area (Å²) in [5.74, 6) is 0.655. The van der Waals surface area contributed by atoms with Gasteiger partial charge in [-0.1, -0.05) is 158 Å². The monoisotopic (exact) mass is 712 g/mol. The van der Waals surface area contributed by atoms with E-state index in [0.717, 1.165) is 44.4 Å². The molecular weight excluding hydrogens is 681 g/mol. The first-order valence-corrected chi connectivity index (χ1v) is 19.1. The Labute approximate surface area is 322 Å². The van der Waals surface area contributed by atoms with Crippen LogP contribution in [0.1, 0.15) is 0 Å². The maximum Gasteiger partial charge on any atom is 0.235 e. The highest BCUT2D eigenvalue weighted by Crippen LogP contribution is 2.47. The van der Waals surface area contributed by atoms with E-state index in [4.69, 9.17) is 9.97 Å². The van der Waals surface area contributed by atoms with Crippen LogP contribution in [-0.2, 0) is 0 Å². The summed E-state index contributed by atoms with van der Waals surface area (Å²) < 4.78 is 4.75. The zero-order valence-electron chi connectivity index (χ0n) is 30.3. The minimum absolute atomic E-state index is 0.655. The molecule has 0 saturated carbocycles. The molecule has 56 heavy (non-hydrogen) atoms. The van der Waals surface area contributed by atoms with Crippen LogP contribution in [0.5, 0.6) is 0 Å². The number of rotatable bonds is 4. The van der Waals surface area contributed by atoms with Gasteiger partial charge in [-0.3, -0.25) is 4.57 Å². The first-order chi connectivity index (χ1) is 27.8. The highest BCUT2D eigenvalue weighted by atomic mass is 15.2. The molecule has 0 aliphatic heterocycles. The smallest absolute Gasteiger partial charge is 0.235 e. The Balaban J connectivity index is 1.26. The van der Waals surface area contributed by atoms with Crippen LogP contribution < -0.4 is 0 Å². The predicted octanol–water partition coefficient (Wildman–Crippen LogP) is 13.5. The van der Waals surface area contributed by atoms with E-state index >= 15 is 0 Å². The molecule has 4 nitrogen and oxygen atoms in total. The van der Waals surface area contributed by atoms with Crippen LogP contribution in [0, 0.1) is 0 Å². The van der Waals surface area contributed by atoms with Crippen molar-refractivity contribution in [2.45, 2.75) is 0 Å². The normalized spacial score (nSPS) is 11.9. The molecular formula is C52H32N4. The van der Waals surface area contributed by atoms with E-state index in [1.165, 1.54) is 59.7 Å². The third-order valence-corrected chi connectivity index (χ3v) is 11.5. The maximum atomic E-state index is 5.48. The summed E-state index contributed by atoms with van der Waals surface area (Å²) >= 11 is 0. The van der Waals surface area contributed by atoms with E-state index in [1.807, 2.05) is 0 Å². The molecule has 9 aromatic carbocycles. The lowest BCUT2D eigenvalue weighted by atomic mass is 9.95. The van der Waals surface area contributed by atoms with Gasteiger partial charge in [0, 0.05) is 43.6 Å². The molecule has 12 rings (SSSR count). The summed E-state index contributed by atoms with van der Waals surface area (Å²) in [6, 6.07) is 69.4. The van der Waals surface area contributed by atoms with Gasteiger partial charge in [-0.05, 0) is 63.7 Å². The maximum absolute atomic E-state index is 5.48. The van der Waals surface area contributed by atoms with Crippen LogP contribution in [0.15, 0.2) is 194 Å². The van der Waals surface area contributed by atoms with Crippen molar-refractivity contribution in [3.8, 4) is 34.0 Å². The summed E-state index contributed by atoms with van der Waals surface area (Å²) in [6.07, 6.45) is 0. The third-order valence-electron chi connectivity index (χ3n) is 11.5. The Morgan fingerprint density at radius 1 is 0.304 bits per heavy atom. The van der Waals surface area contributed by atoms with Crippen molar-refractivity contribution < 1.29 is 0 Å². The zero-order chi connectivity index (χ0) is 36.7. The van der Waals surface area contributed by atoms with Crippen LogP contribution in [0.2, 0.25) is 0 Å². The summed E-state index contributed by atoms with van der Waals surface area (Å²) in [6.45, 7) is 0. The molecule has 0 aliphatic rings. The van der Waals surface area contributed by atoms with Gasteiger partial charge in [0.05, 0.1) is 33.3 Å². The van der Waals surface area contributed by atoms with E-state index in [0.29, 0.717) is 5.95 Å². The number of para-hydroxylation sites is 2. The number of aromatic nitrogens is 4. The van der Waals surface area contributed by atoms with E-state index in [1.54, 1.807) is 0 Å². The van der Waals surface area contributed by atoms with Gasteiger partial charge in [0.1, 0.15) is 0 Å². The Morgan fingerprint density at radius 3 is 1.57 bits per heavy atom. The van der Waals surface area contributed by atoms with Gasteiger partial charge in [0.25, 0.3) is 0 Å². The molecule has 0 bridgehead atoms. The number of fused-ring (bicyclic) bond motifs is 13. The fourth-order valence-electron chi connectivity index (χ4n) is 9.12. The van der Waals surface area contributed by atoms with Crippen LogP contribution in [-0.4, -0.2) is 19.1 Å². The summed E-state index contributed by atoms with van der Waals surface area (Å²) in [5.41, 5.74) is 10.9. The molecule has 0 atom stereocenters. The summed E-state index contributed by atoms with van der Waals surface area (Å²) in [7, 11) is 0. The van der Waals surface area contributed by atoms with Gasteiger partial charge in [0.2, 0.25) is 5.95 Å². The summed E-state index contributed by atoms with van der Waals surface area (Å²) in [5, 5.41) is 10.7. The van der Waals surface area contributed by atoms with E-state index in [-0.39, 0.29) is 0 Å². The van der Waals surface area contributed by atoms with Gasteiger partial charge in [-0.25, -0.2) is 9.97 Å². The van der Waals surface area contributed by atoms with Crippen molar-refractivity contribution in [1.29, 1.82) is 0 Å². The number of hydrogen-bond donors (Lipinski definition) is 0. The standard InChI is InChI=1S/C52H32N4/c1-3-15-33(16-4-1)34-27-29-36(30-28-34)55-44-26-14-12-24-42(44)47-45(55)31-32-46-49(47)48-39-21-9-7-19-37(39)38-20-8-10-22-40(38)51(48)56(46)52-53-43-25-13-11-23-41(43)50(54-52)35-17-5-2-6-18-35/h1-32H. The molecule has 3 heterocycles. The fraction of sp³-hybridized carbons (Fsp3) is 0. The largest absolute Gasteiger partial charge is 0.309 e. The van der Waals surface area contributed by atoms with Crippen molar-refractivity contribution in [2.24, 2.45) is 0 Å². The Morgan fingerprint density at radius 2 is 0.839 bits per heavy atom. The molecule has 260 valence electrons. The van der Waals surface area contributed by atoms with Gasteiger partial charge >= 0.3 is 0 Å². The van der Waals surface area contributed by atoms with E-state index < -0.39 is 0 Å². The molecule has 12 aromatic rings. The lowest BCUT2D eigenvalue weighted by Crippen LogP contribution is -2.04. The third kappa shape index (κ3) is 4.41. The first-order valence-electron chi connectivity index (χ1n) is 19.1. The average molecular weight is 713 g/mol. The van der Waals surface area contributed by atoms with Crippen molar-refractivity contribution in [3.05, 3.63) is 194 Å². The first kappa shape index (κ1) is 30.9. The van der Waals surface area contributed by atoms with Gasteiger partial charge in [-0.2, -0.15) is 0 Å². The lowest BCUT2D eigenvalue weighted by Gasteiger charge is -2.13. The van der Waals surface area contributed by atoms with Gasteiger partial charge in [-0.15, -0.1) is 0 Å². The van der Waals surface area contributed by atoms with Crippen molar-refractivity contribution in [2.75, 3.05) is 0 Å². The molecule has 0 saturated heterocycles. The summed E-state index contributed by atoms with van der Waals surface area (Å²) in [4.78, 5) is 10.8. The second-order valence-corrected chi connectivity index (χ2v) is 14.5. The zero-order valence-corrected chi connectivity index (χ0v) is 30.3. The fourth-order valence-corrected chi connectivity index (χ4v) is 9.12. The molecule has 0 aliphatic carbocycles. The minimum Gasteiger partial charge on any atom is -0.309 e. The van der Waals surface area contributed by atoms with Crippen molar-refractivity contribution in [3.63, 3.8) is 0 Å². The van der Waals surface area contributed by atoms with Crippen LogP contribution in [0.25, 0.3) is 110 Å². The van der Waals surface area contributed by atoms with E-state index in [9.17, 15) is 0 Å². The van der Waals surface area contributed by atoms with Gasteiger partial charge < -0.3 is 4.57 Å². The molecule has 0 amide bonds. The van der Waals surface area contributed by atoms with Crippen LogP contribution in [0.4, 0.5) is 0 Å². The molecule has 0 N–H and O–H groups in total. The number of nitrogens with zero attached hydrogens (tertiary/aromatic N) is 4. The quantitative estimate of drug-likeness (QED) is 0.170. The van der Waals surface area contributed by atoms with Gasteiger partial charge in [0.15, 0.2) is 0 Å². The van der Waals surface area contributed by atoms with Crippen LogP contribution in [0.3, 0.4) is 0 Å². The Kier molecular flexibility index (Phi) is 6.60. The average Bonchev–Trinajstić information content (AvgIpc) is 3.80. The molecule has 0 fully saturated rings. The highest BCUT2D eigenvalue weighted by molar-refractivity contribution is 6.38. The second kappa shape index (κ2) is 12.0. The number of hydrogen-bond acceptors (Lipinski definition) is 2. The molecule has 0 radical (unpaired) electrons. The highest BCUT2D eigenvalue weighted by Gasteiger charge is 2.25. The lowest BCUT2D eigenvalue weighted by molar-refractivity contribution is 1.02. The second-order valence-electron chi connectivity index (χ2n) is 14.5.